The van der Waals surface area contributed by atoms with E-state index < -0.39 is 22.8 Å². The molecule has 0 unspecified atom stereocenters. The van der Waals surface area contributed by atoms with Crippen LogP contribution in [0.4, 0.5) is 0 Å². The lowest BCUT2D eigenvalue weighted by Crippen LogP contribution is -2.43. The number of hydrogen-bond donors (Lipinski definition) is 4. The lowest BCUT2D eigenvalue weighted by atomic mass is 10.1. The molecule has 2 amide bonds. The van der Waals surface area contributed by atoms with Crippen molar-refractivity contribution in [2.45, 2.75) is 84.0 Å². The maximum absolute atomic E-state index is 12.3. The van der Waals surface area contributed by atoms with Crippen LogP contribution < -0.4 is 16.4 Å². The van der Waals surface area contributed by atoms with Gasteiger partial charge in [-0.3, -0.25) is 25.2 Å². The summed E-state index contributed by atoms with van der Waals surface area (Å²) in [6.07, 6.45) is 13.5. The highest BCUT2D eigenvalue weighted by Crippen LogP contribution is 2.24. The first-order valence-electron chi connectivity index (χ1n) is 11.5. The third-order valence-corrected chi connectivity index (χ3v) is 5.44. The number of rotatable bonds is 13. The fourth-order valence-electron chi connectivity index (χ4n) is 3.64. The molecule has 1 aromatic carbocycles. The number of pyridine rings is 1. The van der Waals surface area contributed by atoms with Gasteiger partial charge < -0.3 is 10.1 Å². The van der Waals surface area contributed by atoms with Crippen LogP contribution in [0.25, 0.3) is 10.9 Å². The second-order valence-electron chi connectivity index (χ2n) is 8.01. The van der Waals surface area contributed by atoms with Crippen molar-refractivity contribution in [3.05, 3.63) is 40.2 Å². The Labute approximate surface area is 183 Å². The van der Waals surface area contributed by atoms with Crippen LogP contribution in [0.15, 0.2) is 29.1 Å². The van der Waals surface area contributed by atoms with Crippen LogP contribution >= 0.6 is 0 Å². The van der Waals surface area contributed by atoms with E-state index in [9.17, 15) is 19.5 Å². The van der Waals surface area contributed by atoms with Gasteiger partial charge in [-0.2, -0.15) is 0 Å². The topological polar surface area (TPSA) is 111 Å². The molecular weight excluding hydrogens is 394 g/mol. The van der Waals surface area contributed by atoms with Crippen molar-refractivity contribution in [3.8, 4) is 5.75 Å². The molecule has 7 nitrogen and oxygen atoms in total. The zero-order valence-electron chi connectivity index (χ0n) is 18.5. The first-order chi connectivity index (χ1) is 15.0. The maximum atomic E-state index is 12.3. The lowest BCUT2D eigenvalue weighted by molar-refractivity contribution is -0.122. The Morgan fingerprint density at radius 3 is 2.10 bits per heavy atom. The molecule has 0 saturated carbocycles. The third-order valence-electron chi connectivity index (χ3n) is 5.44. The van der Waals surface area contributed by atoms with E-state index >= 15 is 0 Å². The van der Waals surface area contributed by atoms with Gasteiger partial charge in [0, 0.05) is 11.8 Å². The molecule has 170 valence electrons. The number of carbonyl (C=O) groups is 2. The Balaban J connectivity index is 1.63. The Bertz CT molecular complexity index is 907. The van der Waals surface area contributed by atoms with Crippen LogP contribution in [0.5, 0.6) is 5.75 Å². The molecule has 7 heteroatoms. The summed E-state index contributed by atoms with van der Waals surface area (Å²) in [4.78, 5) is 38.9. The van der Waals surface area contributed by atoms with Crippen molar-refractivity contribution in [1.29, 1.82) is 0 Å². The van der Waals surface area contributed by atoms with Crippen LogP contribution in [0, 0.1) is 0 Å². The van der Waals surface area contributed by atoms with Gasteiger partial charge in [-0.05, 0) is 18.6 Å². The number of aromatic nitrogens is 1. The molecule has 31 heavy (non-hydrogen) atoms. The van der Waals surface area contributed by atoms with Crippen molar-refractivity contribution >= 4 is 22.7 Å². The summed E-state index contributed by atoms with van der Waals surface area (Å²) >= 11 is 0. The van der Waals surface area contributed by atoms with Crippen molar-refractivity contribution in [3.63, 3.8) is 0 Å². The summed E-state index contributed by atoms with van der Waals surface area (Å²) in [5, 5.41) is 10.6. The van der Waals surface area contributed by atoms with Crippen molar-refractivity contribution in [2.75, 3.05) is 0 Å². The van der Waals surface area contributed by atoms with Gasteiger partial charge in [-0.15, -0.1) is 0 Å². The molecule has 0 saturated heterocycles. The van der Waals surface area contributed by atoms with E-state index in [1.165, 1.54) is 51.4 Å². The number of hydrazine groups is 1. The first-order valence-corrected chi connectivity index (χ1v) is 11.5. The third kappa shape index (κ3) is 8.07. The van der Waals surface area contributed by atoms with Gasteiger partial charge in [-0.1, -0.05) is 83.3 Å². The molecule has 0 aliphatic carbocycles. The van der Waals surface area contributed by atoms with Crippen LogP contribution in [0.2, 0.25) is 0 Å². The predicted molar refractivity (Wildman–Crippen MR) is 123 cm³/mol. The average Bonchev–Trinajstić information content (AvgIpc) is 2.76. The molecule has 0 spiro atoms. The van der Waals surface area contributed by atoms with Gasteiger partial charge in [0.1, 0.15) is 11.3 Å². The zero-order chi connectivity index (χ0) is 22.5. The molecule has 0 aliphatic heterocycles. The number of unbranched alkanes of at least 4 members (excludes halogenated alkanes) is 10. The quantitative estimate of drug-likeness (QED) is 0.273. The smallest absolute Gasteiger partial charge is 0.279 e. The fraction of sp³-hybridized carbons (Fsp3) is 0.542. The van der Waals surface area contributed by atoms with Crippen LogP contribution in [-0.4, -0.2) is 21.9 Å². The van der Waals surface area contributed by atoms with E-state index in [-0.39, 0.29) is 5.91 Å². The van der Waals surface area contributed by atoms with Gasteiger partial charge in [0.05, 0.1) is 5.52 Å². The molecule has 0 radical (unpaired) electrons. The molecule has 0 atom stereocenters. The van der Waals surface area contributed by atoms with E-state index in [1.54, 1.807) is 24.3 Å². The molecule has 0 fully saturated rings. The largest absolute Gasteiger partial charge is 0.506 e. The van der Waals surface area contributed by atoms with E-state index in [2.05, 4.69) is 22.8 Å². The SMILES string of the molecule is CCCCCCCCCCCCCC(=O)NNC(=O)c1c(O)c2ccccc2[nH]c1=O. The minimum atomic E-state index is -0.850. The molecule has 1 heterocycles. The summed E-state index contributed by atoms with van der Waals surface area (Å²) in [6.45, 7) is 2.23. The highest BCUT2D eigenvalue weighted by Gasteiger charge is 2.19. The number of H-pyrrole nitrogens is 1. The second kappa shape index (κ2) is 13.5. The van der Waals surface area contributed by atoms with Gasteiger partial charge in [0.25, 0.3) is 11.5 Å². The molecule has 1 aromatic heterocycles. The number of carbonyl (C=O) groups excluding carboxylic acids is 2. The number of fused-ring (bicyclic) bond motifs is 1. The summed E-state index contributed by atoms with van der Waals surface area (Å²) in [6, 6.07) is 6.64. The van der Waals surface area contributed by atoms with Crippen LogP contribution in [-0.2, 0) is 4.79 Å². The summed E-state index contributed by atoms with van der Waals surface area (Å²) in [5.41, 5.74) is 3.83. The highest BCUT2D eigenvalue weighted by molar-refractivity contribution is 6.02. The maximum Gasteiger partial charge on any atom is 0.279 e. The number of nitrogens with one attached hydrogen (secondary N) is 3. The minimum absolute atomic E-state index is 0.303. The zero-order valence-corrected chi connectivity index (χ0v) is 18.5. The molecule has 2 rings (SSSR count). The summed E-state index contributed by atoms with van der Waals surface area (Å²) < 4.78 is 0. The van der Waals surface area contributed by atoms with Crippen LogP contribution in [0.3, 0.4) is 0 Å². The Morgan fingerprint density at radius 2 is 1.45 bits per heavy atom. The lowest BCUT2D eigenvalue weighted by Gasteiger charge is -2.09. The normalized spacial score (nSPS) is 10.9. The second-order valence-corrected chi connectivity index (χ2v) is 8.01. The molecule has 4 N–H and O–H groups in total. The van der Waals surface area contributed by atoms with E-state index in [4.69, 9.17) is 0 Å². The summed E-state index contributed by atoms with van der Waals surface area (Å²) in [5.74, 6) is -1.57. The molecule has 0 bridgehead atoms. The Hall–Kier alpha value is -2.83. The van der Waals surface area contributed by atoms with Crippen molar-refractivity contribution in [2.24, 2.45) is 0 Å². The predicted octanol–water partition coefficient (Wildman–Crippen LogP) is 4.70. The minimum Gasteiger partial charge on any atom is -0.506 e. The number of hydrogen-bond acceptors (Lipinski definition) is 4. The number of benzene rings is 1. The Morgan fingerprint density at radius 1 is 0.871 bits per heavy atom. The number of aromatic hydroxyl groups is 1. The van der Waals surface area contributed by atoms with Gasteiger partial charge in [-0.25, -0.2) is 0 Å². The number of para-hydroxylation sites is 1. The fourth-order valence-corrected chi connectivity index (χ4v) is 3.64. The Kier molecular flexibility index (Phi) is 10.6. The number of amides is 2. The van der Waals surface area contributed by atoms with Gasteiger partial charge in [0.15, 0.2) is 0 Å². The highest BCUT2D eigenvalue weighted by atomic mass is 16.3. The van der Waals surface area contributed by atoms with E-state index in [1.807, 2.05) is 0 Å². The monoisotopic (exact) mass is 429 g/mol. The molecule has 0 aliphatic rings. The molecule has 2 aromatic rings. The van der Waals surface area contributed by atoms with E-state index in [0.29, 0.717) is 17.3 Å². The summed E-state index contributed by atoms with van der Waals surface area (Å²) in [7, 11) is 0. The number of aromatic amines is 1. The van der Waals surface area contributed by atoms with Crippen molar-refractivity contribution < 1.29 is 14.7 Å². The van der Waals surface area contributed by atoms with Gasteiger partial charge in [0.2, 0.25) is 5.91 Å². The standard InChI is InChI=1S/C24H35N3O4/c1-2-3-4-5-6-7-8-9-10-11-12-17-20(28)26-27-24(31)21-22(29)18-15-13-14-16-19(18)25-23(21)30/h13-16H,2-12,17H2,1H3,(H,26,28)(H,27,31)(H2,25,29,30). The average molecular weight is 430 g/mol. The molecular formula is C24H35N3O4. The first kappa shape index (κ1) is 24.4. The van der Waals surface area contributed by atoms with Gasteiger partial charge >= 0.3 is 0 Å². The van der Waals surface area contributed by atoms with Crippen molar-refractivity contribution in [1.82, 2.24) is 15.8 Å². The van der Waals surface area contributed by atoms with E-state index in [0.717, 1.165) is 19.3 Å². The van der Waals surface area contributed by atoms with Crippen LogP contribution in [0.1, 0.15) is 94.3 Å².